The first-order valence-corrected chi connectivity index (χ1v) is 7.95. The number of hydrogen-bond donors (Lipinski definition) is 1. The largest absolute Gasteiger partial charge is 0.375 e. The molecule has 0 spiro atoms. The Morgan fingerprint density at radius 1 is 1.22 bits per heavy atom. The highest BCUT2D eigenvalue weighted by molar-refractivity contribution is 4.92. The number of ether oxygens (including phenoxy) is 1. The van der Waals surface area contributed by atoms with Crippen LogP contribution < -0.4 is 5.32 Å². The van der Waals surface area contributed by atoms with E-state index in [0.29, 0.717) is 6.10 Å². The molecule has 1 aliphatic carbocycles. The maximum Gasteiger partial charge on any atom is 0.0731 e. The van der Waals surface area contributed by atoms with Crippen molar-refractivity contribution in [2.45, 2.75) is 76.1 Å². The molecule has 0 bridgehead atoms. The van der Waals surface area contributed by atoms with Crippen molar-refractivity contribution in [3.05, 3.63) is 0 Å². The molecular weight excluding hydrogens is 224 g/mol. The Bertz CT molecular complexity index is 265. The quantitative estimate of drug-likeness (QED) is 0.833. The van der Waals surface area contributed by atoms with Crippen molar-refractivity contribution in [2.75, 3.05) is 19.7 Å². The molecule has 0 aromatic rings. The van der Waals surface area contributed by atoms with Crippen molar-refractivity contribution in [2.24, 2.45) is 0 Å². The normalized spacial score (nSPS) is 39.5. The van der Waals surface area contributed by atoms with Crippen LogP contribution in [0.4, 0.5) is 0 Å². The van der Waals surface area contributed by atoms with Gasteiger partial charge in [0.15, 0.2) is 0 Å². The Labute approximate surface area is 111 Å². The molecule has 4 atom stereocenters. The predicted molar refractivity (Wildman–Crippen MR) is 73.8 cm³/mol. The second-order valence-electron chi connectivity index (χ2n) is 6.38. The summed E-state index contributed by atoms with van der Waals surface area (Å²) in [6.45, 7) is 5.75. The van der Waals surface area contributed by atoms with Gasteiger partial charge in [-0.15, -0.1) is 0 Å². The Morgan fingerprint density at radius 2 is 2.17 bits per heavy atom. The predicted octanol–water partition coefficient (Wildman–Crippen LogP) is 2.16. The molecule has 1 saturated carbocycles. The van der Waals surface area contributed by atoms with Crippen molar-refractivity contribution < 1.29 is 4.74 Å². The molecule has 3 nitrogen and oxygen atoms in total. The summed E-state index contributed by atoms with van der Waals surface area (Å²) in [6.07, 6.45) is 10.0. The Balaban J connectivity index is 1.55. The van der Waals surface area contributed by atoms with E-state index in [1.807, 2.05) is 0 Å². The topological polar surface area (TPSA) is 24.5 Å². The lowest BCUT2D eigenvalue weighted by atomic mass is 9.96. The lowest BCUT2D eigenvalue weighted by Gasteiger charge is -2.42. The molecule has 3 rings (SSSR count). The zero-order valence-electron chi connectivity index (χ0n) is 11.7. The van der Waals surface area contributed by atoms with Crippen LogP contribution in [0.15, 0.2) is 0 Å². The van der Waals surface area contributed by atoms with Crippen LogP contribution >= 0.6 is 0 Å². The molecule has 2 aliphatic heterocycles. The average molecular weight is 252 g/mol. The van der Waals surface area contributed by atoms with E-state index < -0.39 is 0 Å². The molecule has 2 heterocycles. The molecule has 1 N–H and O–H groups in total. The van der Waals surface area contributed by atoms with Gasteiger partial charge in [-0.2, -0.15) is 0 Å². The summed E-state index contributed by atoms with van der Waals surface area (Å²) in [7, 11) is 0. The summed E-state index contributed by atoms with van der Waals surface area (Å²) in [6, 6.07) is 2.20. The lowest BCUT2D eigenvalue weighted by molar-refractivity contribution is -0.0714. The highest BCUT2D eigenvalue weighted by atomic mass is 16.5. The summed E-state index contributed by atoms with van der Waals surface area (Å²) >= 11 is 0. The molecule has 2 saturated heterocycles. The molecule has 0 amide bonds. The average Bonchev–Trinajstić information content (AvgIpc) is 2.87. The minimum absolute atomic E-state index is 0.542. The van der Waals surface area contributed by atoms with Gasteiger partial charge < -0.3 is 10.1 Å². The van der Waals surface area contributed by atoms with Crippen LogP contribution in [-0.4, -0.2) is 48.8 Å². The Kier molecular flexibility index (Phi) is 4.22. The summed E-state index contributed by atoms with van der Waals surface area (Å²) in [5.41, 5.74) is 0. The second kappa shape index (κ2) is 5.89. The zero-order valence-corrected chi connectivity index (χ0v) is 11.7. The molecule has 3 fully saturated rings. The molecule has 0 aromatic heterocycles. The minimum Gasteiger partial charge on any atom is -0.375 e. The molecule has 0 radical (unpaired) electrons. The van der Waals surface area contributed by atoms with Crippen LogP contribution in [0.5, 0.6) is 0 Å². The summed E-state index contributed by atoms with van der Waals surface area (Å²) in [4.78, 5) is 2.75. The smallest absolute Gasteiger partial charge is 0.0731 e. The van der Waals surface area contributed by atoms with Gasteiger partial charge >= 0.3 is 0 Å². The van der Waals surface area contributed by atoms with E-state index >= 15 is 0 Å². The van der Waals surface area contributed by atoms with Gasteiger partial charge in [-0.1, -0.05) is 6.42 Å². The second-order valence-corrected chi connectivity index (χ2v) is 6.38. The van der Waals surface area contributed by atoms with E-state index in [2.05, 4.69) is 17.1 Å². The van der Waals surface area contributed by atoms with Gasteiger partial charge in [0.2, 0.25) is 0 Å². The standard InChI is InChI=1S/C15H28N2O/c1-12(11-13-5-2-3-8-16-13)17-9-10-18-15-7-4-6-14(15)17/h12-16H,2-11H2,1H3. The van der Waals surface area contributed by atoms with Crippen LogP contribution in [0.3, 0.4) is 0 Å². The minimum atomic E-state index is 0.542. The van der Waals surface area contributed by atoms with E-state index in [0.717, 1.165) is 31.3 Å². The third kappa shape index (κ3) is 2.73. The first kappa shape index (κ1) is 12.9. The van der Waals surface area contributed by atoms with E-state index in [9.17, 15) is 0 Å². The van der Waals surface area contributed by atoms with Gasteiger partial charge in [-0.25, -0.2) is 0 Å². The zero-order chi connectivity index (χ0) is 12.4. The van der Waals surface area contributed by atoms with Crippen LogP contribution in [-0.2, 0) is 4.74 Å². The third-order valence-corrected chi connectivity index (χ3v) is 5.13. The Morgan fingerprint density at radius 3 is 3.00 bits per heavy atom. The number of nitrogens with one attached hydrogen (secondary N) is 1. The SMILES string of the molecule is CC(CC1CCCCN1)N1CCOC2CCCC21. The van der Waals surface area contributed by atoms with Crippen molar-refractivity contribution in [3.8, 4) is 0 Å². The maximum atomic E-state index is 5.91. The fourth-order valence-corrected chi connectivity index (χ4v) is 4.18. The van der Waals surface area contributed by atoms with Crippen molar-refractivity contribution in [1.29, 1.82) is 0 Å². The van der Waals surface area contributed by atoms with Crippen LogP contribution in [0, 0.1) is 0 Å². The molecular formula is C15H28N2O. The number of hydrogen-bond acceptors (Lipinski definition) is 3. The van der Waals surface area contributed by atoms with Gasteiger partial charge in [0.1, 0.15) is 0 Å². The van der Waals surface area contributed by atoms with E-state index in [-0.39, 0.29) is 0 Å². The fourth-order valence-electron chi connectivity index (χ4n) is 4.18. The first-order valence-electron chi connectivity index (χ1n) is 7.95. The van der Waals surface area contributed by atoms with E-state index in [1.165, 1.54) is 51.5 Å². The number of piperidine rings is 1. The van der Waals surface area contributed by atoms with Gasteiger partial charge in [0, 0.05) is 24.7 Å². The van der Waals surface area contributed by atoms with Crippen molar-refractivity contribution >= 4 is 0 Å². The van der Waals surface area contributed by atoms with Gasteiger partial charge in [-0.05, 0) is 52.0 Å². The van der Waals surface area contributed by atoms with E-state index in [4.69, 9.17) is 4.74 Å². The van der Waals surface area contributed by atoms with E-state index in [1.54, 1.807) is 0 Å². The van der Waals surface area contributed by atoms with Crippen LogP contribution in [0.2, 0.25) is 0 Å². The molecule has 3 aliphatic rings. The molecule has 3 heteroatoms. The highest BCUT2D eigenvalue weighted by Gasteiger charge is 2.38. The third-order valence-electron chi connectivity index (χ3n) is 5.13. The molecule has 0 aromatic carbocycles. The molecule has 4 unspecified atom stereocenters. The van der Waals surface area contributed by atoms with Gasteiger partial charge in [0.25, 0.3) is 0 Å². The number of nitrogens with zero attached hydrogens (tertiary/aromatic N) is 1. The summed E-state index contributed by atoms with van der Waals surface area (Å²) in [5, 5.41) is 3.69. The van der Waals surface area contributed by atoms with Crippen molar-refractivity contribution in [3.63, 3.8) is 0 Å². The van der Waals surface area contributed by atoms with Gasteiger partial charge in [0.05, 0.1) is 12.7 Å². The van der Waals surface area contributed by atoms with Crippen LogP contribution in [0.1, 0.15) is 51.9 Å². The highest BCUT2D eigenvalue weighted by Crippen LogP contribution is 2.32. The lowest BCUT2D eigenvalue weighted by Crippen LogP contribution is -2.53. The summed E-state index contributed by atoms with van der Waals surface area (Å²) in [5.74, 6) is 0. The van der Waals surface area contributed by atoms with Crippen molar-refractivity contribution in [1.82, 2.24) is 10.2 Å². The van der Waals surface area contributed by atoms with Gasteiger partial charge in [-0.3, -0.25) is 4.90 Å². The fraction of sp³-hybridized carbons (Fsp3) is 1.00. The summed E-state index contributed by atoms with van der Waals surface area (Å²) < 4.78 is 5.91. The number of fused-ring (bicyclic) bond motifs is 1. The maximum absolute atomic E-state index is 5.91. The number of rotatable bonds is 3. The Hall–Kier alpha value is -0.120. The van der Waals surface area contributed by atoms with Crippen LogP contribution in [0.25, 0.3) is 0 Å². The first-order chi connectivity index (χ1) is 8.84. The molecule has 104 valence electrons. The monoisotopic (exact) mass is 252 g/mol. The molecule has 18 heavy (non-hydrogen) atoms. The number of morpholine rings is 1.